The summed E-state index contributed by atoms with van der Waals surface area (Å²) in [4.78, 5) is 114. The van der Waals surface area contributed by atoms with Crippen molar-refractivity contribution in [2.75, 3.05) is 13.1 Å². The molecule has 1 heterocycles. The summed E-state index contributed by atoms with van der Waals surface area (Å²) in [6.07, 6.45) is -2.33. The van der Waals surface area contributed by atoms with Crippen molar-refractivity contribution in [1.82, 2.24) is 31.5 Å². The fourth-order valence-corrected chi connectivity index (χ4v) is 5.40. The smallest absolute Gasteiger partial charge is 0.326 e. The molecular weight excluding hydrogens is 688 g/mol. The molecule has 0 aromatic heterocycles. The summed E-state index contributed by atoms with van der Waals surface area (Å²) in [5.74, 6) is -8.93. The Balaban J connectivity index is 3.06. The number of primary amides is 1. The molecule has 1 aliphatic rings. The van der Waals surface area contributed by atoms with E-state index in [1.807, 2.05) is 13.8 Å². The first-order valence-corrected chi connectivity index (χ1v) is 17.1. The summed E-state index contributed by atoms with van der Waals surface area (Å²) in [5.41, 5.74) is 11.1. The standard InChI is InChI=1S/C32H54N8O12/c1-15(2)13-18(33)27(46)35-14-23(43)40-12-6-7-21(40)29(48)38-25(16(3)4)30(49)39-26(17(5)41)31(50)36-19(8-10-22(34)42)28(47)37-20(32(51)52)9-11-24(44)45/h15-21,25-26,41H,6-14,33H2,1-5H3,(H2,34,42)(H,35,46)(H,36,50)(H,37,47)(H,38,48)(H,39,49)(H,44,45)(H,51,52)/t17-,18+,19+,20+,21+,25+,26+/m1/s1. The molecule has 7 amide bonds. The Kier molecular flexibility index (Phi) is 18.7. The van der Waals surface area contributed by atoms with Gasteiger partial charge in [0.1, 0.15) is 30.2 Å². The molecule has 1 aliphatic heterocycles. The first kappa shape index (κ1) is 45.2. The fourth-order valence-electron chi connectivity index (χ4n) is 5.40. The van der Waals surface area contributed by atoms with E-state index in [9.17, 15) is 53.4 Å². The van der Waals surface area contributed by atoms with Crippen LogP contribution in [0.5, 0.6) is 0 Å². The van der Waals surface area contributed by atoms with E-state index in [4.69, 9.17) is 16.6 Å². The van der Waals surface area contributed by atoms with Crippen LogP contribution in [0.25, 0.3) is 0 Å². The van der Waals surface area contributed by atoms with E-state index in [0.29, 0.717) is 12.8 Å². The molecule has 7 atom stereocenters. The molecule has 1 fully saturated rings. The van der Waals surface area contributed by atoms with Crippen molar-refractivity contribution in [3.05, 3.63) is 0 Å². The number of carbonyl (C=O) groups excluding carboxylic acids is 7. The Labute approximate surface area is 301 Å². The zero-order valence-corrected chi connectivity index (χ0v) is 30.2. The van der Waals surface area contributed by atoms with Gasteiger partial charge in [0, 0.05) is 19.4 Å². The van der Waals surface area contributed by atoms with Gasteiger partial charge in [0.25, 0.3) is 0 Å². The normalized spacial score (nSPS) is 17.6. The molecule has 52 heavy (non-hydrogen) atoms. The van der Waals surface area contributed by atoms with Crippen molar-refractivity contribution in [2.45, 2.75) is 122 Å². The van der Waals surface area contributed by atoms with E-state index in [-0.39, 0.29) is 25.4 Å². The number of nitrogens with zero attached hydrogens (tertiary/aromatic N) is 1. The van der Waals surface area contributed by atoms with E-state index in [1.165, 1.54) is 4.90 Å². The van der Waals surface area contributed by atoms with Crippen LogP contribution in [0.3, 0.4) is 0 Å². The third-order valence-electron chi connectivity index (χ3n) is 8.24. The van der Waals surface area contributed by atoms with E-state index < -0.39 is 127 Å². The molecular formula is C32H54N8O12. The number of hydrogen-bond donors (Lipinski definition) is 10. The van der Waals surface area contributed by atoms with Crippen molar-refractivity contribution in [2.24, 2.45) is 23.3 Å². The van der Waals surface area contributed by atoms with Crippen molar-refractivity contribution in [3.8, 4) is 0 Å². The third kappa shape index (κ3) is 15.2. The van der Waals surface area contributed by atoms with Crippen LogP contribution in [-0.4, -0.2) is 129 Å². The van der Waals surface area contributed by atoms with Gasteiger partial charge in [-0.3, -0.25) is 38.4 Å². The van der Waals surface area contributed by atoms with Crippen LogP contribution in [0.15, 0.2) is 0 Å². The largest absolute Gasteiger partial charge is 0.481 e. The van der Waals surface area contributed by atoms with Gasteiger partial charge in [-0.25, -0.2) is 4.79 Å². The van der Waals surface area contributed by atoms with Crippen molar-refractivity contribution in [1.29, 1.82) is 0 Å². The number of aliphatic hydroxyl groups excluding tert-OH is 1. The van der Waals surface area contributed by atoms with Crippen LogP contribution in [0.4, 0.5) is 0 Å². The number of aliphatic carboxylic acids is 2. The average Bonchev–Trinajstić information content (AvgIpc) is 3.54. The van der Waals surface area contributed by atoms with Crippen molar-refractivity contribution in [3.63, 3.8) is 0 Å². The van der Waals surface area contributed by atoms with E-state index in [2.05, 4.69) is 26.6 Å². The lowest BCUT2D eigenvalue weighted by Crippen LogP contribution is -2.62. The second-order valence-electron chi connectivity index (χ2n) is 13.6. The van der Waals surface area contributed by atoms with Crippen LogP contribution in [-0.2, 0) is 43.2 Å². The van der Waals surface area contributed by atoms with E-state index in [0.717, 1.165) is 6.92 Å². The van der Waals surface area contributed by atoms with Gasteiger partial charge in [0.2, 0.25) is 41.4 Å². The van der Waals surface area contributed by atoms with Crippen LogP contribution in [0.2, 0.25) is 0 Å². The lowest BCUT2D eigenvalue weighted by molar-refractivity contribution is -0.143. The number of carboxylic acids is 2. The van der Waals surface area contributed by atoms with Gasteiger partial charge in [-0.1, -0.05) is 27.7 Å². The number of carboxylic acid groups (broad SMARTS) is 2. The Bertz CT molecular complexity index is 1320. The van der Waals surface area contributed by atoms with Gasteiger partial charge >= 0.3 is 11.9 Å². The first-order valence-electron chi connectivity index (χ1n) is 17.1. The zero-order valence-electron chi connectivity index (χ0n) is 30.2. The van der Waals surface area contributed by atoms with Gasteiger partial charge in [-0.2, -0.15) is 0 Å². The summed E-state index contributed by atoms with van der Waals surface area (Å²) in [7, 11) is 0. The van der Waals surface area contributed by atoms with Crippen LogP contribution in [0.1, 0.15) is 79.6 Å². The molecule has 20 nitrogen and oxygen atoms in total. The molecule has 0 bridgehead atoms. The maximum atomic E-state index is 13.5. The topological polar surface area (TPSA) is 330 Å². The summed E-state index contributed by atoms with van der Waals surface area (Å²) >= 11 is 0. The molecule has 20 heteroatoms. The van der Waals surface area contributed by atoms with Gasteiger partial charge in [0.15, 0.2) is 0 Å². The minimum atomic E-state index is -1.72. The lowest BCUT2D eigenvalue weighted by Gasteiger charge is -2.30. The van der Waals surface area contributed by atoms with Gasteiger partial charge in [-0.15, -0.1) is 0 Å². The van der Waals surface area contributed by atoms with Gasteiger partial charge in [0.05, 0.1) is 18.7 Å². The second kappa shape index (κ2) is 21.5. The van der Waals surface area contributed by atoms with Gasteiger partial charge in [-0.05, 0) is 50.9 Å². The number of nitrogens with one attached hydrogen (secondary N) is 5. The number of carbonyl (C=O) groups is 9. The highest BCUT2D eigenvalue weighted by Crippen LogP contribution is 2.18. The number of likely N-dealkylation sites (tertiary alicyclic amines) is 1. The maximum Gasteiger partial charge on any atom is 0.326 e. The van der Waals surface area contributed by atoms with Crippen LogP contribution in [0, 0.1) is 11.8 Å². The molecule has 1 rings (SSSR count). The number of amides is 7. The van der Waals surface area contributed by atoms with E-state index in [1.54, 1.807) is 13.8 Å². The summed E-state index contributed by atoms with van der Waals surface area (Å²) in [6, 6.07) is -8.00. The van der Waals surface area contributed by atoms with Crippen molar-refractivity contribution >= 4 is 53.3 Å². The highest BCUT2D eigenvalue weighted by molar-refractivity contribution is 5.97. The maximum absolute atomic E-state index is 13.5. The molecule has 0 aromatic rings. The SMILES string of the molecule is CC(C)C[C@H](N)C(=O)NCC(=O)N1CCC[C@H]1C(=O)N[C@H](C(=O)N[C@H](C(=O)N[C@@H](CCC(N)=O)C(=O)N[C@@H](CCC(=O)O)C(=O)O)[C@@H](C)O)C(C)C. The Morgan fingerprint density at radius 2 is 1.35 bits per heavy atom. The fraction of sp³-hybridized carbons (Fsp3) is 0.719. The lowest BCUT2D eigenvalue weighted by atomic mass is 10.0. The Hall–Kier alpha value is -4.85. The number of aliphatic hydroxyl groups is 1. The predicted molar refractivity (Wildman–Crippen MR) is 182 cm³/mol. The monoisotopic (exact) mass is 742 g/mol. The van der Waals surface area contributed by atoms with Gasteiger partial charge < -0.3 is 58.3 Å². The van der Waals surface area contributed by atoms with Crippen LogP contribution >= 0.6 is 0 Å². The summed E-state index contributed by atoms with van der Waals surface area (Å²) in [5, 5.41) is 40.5. The number of nitrogens with two attached hydrogens (primary N) is 2. The molecule has 1 saturated heterocycles. The predicted octanol–water partition coefficient (Wildman–Crippen LogP) is -3.34. The molecule has 294 valence electrons. The minimum Gasteiger partial charge on any atom is -0.481 e. The molecule has 0 aliphatic carbocycles. The second-order valence-corrected chi connectivity index (χ2v) is 13.6. The third-order valence-corrected chi connectivity index (χ3v) is 8.24. The number of hydrogen-bond acceptors (Lipinski definition) is 11. The first-order chi connectivity index (χ1) is 24.2. The summed E-state index contributed by atoms with van der Waals surface area (Å²) in [6.45, 7) is 8.00. The molecule has 0 spiro atoms. The van der Waals surface area contributed by atoms with Crippen molar-refractivity contribution < 1.29 is 58.5 Å². The minimum absolute atomic E-state index is 0.160. The zero-order chi connectivity index (χ0) is 39.9. The molecule has 12 N–H and O–H groups in total. The molecule has 0 aromatic carbocycles. The van der Waals surface area contributed by atoms with Crippen LogP contribution < -0.4 is 38.1 Å². The summed E-state index contributed by atoms with van der Waals surface area (Å²) < 4.78 is 0. The molecule has 0 saturated carbocycles. The highest BCUT2D eigenvalue weighted by atomic mass is 16.4. The Morgan fingerprint density at radius 3 is 1.87 bits per heavy atom. The number of rotatable bonds is 22. The molecule has 0 radical (unpaired) electrons. The Morgan fingerprint density at radius 1 is 0.769 bits per heavy atom. The molecule has 0 unspecified atom stereocenters. The average molecular weight is 743 g/mol. The van der Waals surface area contributed by atoms with E-state index >= 15 is 0 Å². The highest BCUT2D eigenvalue weighted by Gasteiger charge is 2.38. The quantitative estimate of drug-likeness (QED) is 0.0519.